The molecule has 0 unspecified atom stereocenters. The molecule has 0 aromatic carbocycles. The zero-order valence-corrected chi connectivity index (χ0v) is 16.5. The fraction of sp³-hybridized carbons (Fsp3) is 0.778. The monoisotopic (exact) mass is 370 g/mol. The molecule has 8 nitrogen and oxygen atoms in total. The Morgan fingerprint density at radius 3 is 2.08 bits per heavy atom. The Bertz CT molecular complexity index is 543. The summed E-state index contributed by atoms with van der Waals surface area (Å²) in [6.07, 6.45) is 1.07. The summed E-state index contributed by atoms with van der Waals surface area (Å²) in [4.78, 5) is 52.6. The van der Waals surface area contributed by atoms with Crippen LogP contribution >= 0.6 is 0 Å². The van der Waals surface area contributed by atoms with E-state index in [1.54, 1.807) is 20.8 Å². The van der Waals surface area contributed by atoms with Crippen molar-refractivity contribution in [2.75, 3.05) is 0 Å². The maximum Gasteiger partial charge on any atom is 0.408 e. The van der Waals surface area contributed by atoms with Crippen LogP contribution in [0.5, 0.6) is 0 Å². The number of alkyl carbamates (subject to hydrolysis) is 1. The van der Waals surface area contributed by atoms with Crippen molar-refractivity contribution in [1.82, 2.24) is 10.4 Å². The van der Waals surface area contributed by atoms with Gasteiger partial charge in [0.05, 0.1) is 0 Å². The van der Waals surface area contributed by atoms with Gasteiger partial charge in [0.2, 0.25) is 0 Å². The predicted molar refractivity (Wildman–Crippen MR) is 93.6 cm³/mol. The van der Waals surface area contributed by atoms with Crippen LogP contribution in [-0.2, 0) is 24.0 Å². The van der Waals surface area contributed by atoms with Gasteiger partial charge in [-0.25, -0.2) is 9.59 Å². The van der Waals surface area contributed by atoms with E-state index < -0.39 is 35.5 Å². The second-order valence-corrected chi connectivity index (χ2v) is 8.64. The first-order valence-corrected chi connectivity index (χ1v) is 8.85. The lowest BCUT2D eigenvalue weighted by Crippen LogP contribution is -2.46. The molecule has 0 radical (unpaired) electrons. The summed E-state index contributed by atoms with van der Waals surface area (Å²) in [6.45, 7) is 11.3. The number of hydroxylamine groups is 2. The summed E-state index contributed by atoms with van der Waals surface area (Å²) < 4.78 is 5.17. The third-order valence-corrected chi connectivity index (χ3v) is 3.58. The Labute approximate surface area is 154 Å². The molecule has 1 atom stereocenters. The second kappa shape index (κ2) is 8.51. The van der Waals surface area contributed by atoms with Crippen LogP contribution in [0.25, 0.3) is 0 Å². The molecule has 0 aromatic heterocycles. The molecule has 0 bridgehead atoms. The molecule has 1 heterocycles. The van der Waals surface area contributed by atoms with Gasteiger partial charge < -0.3 is 14.9 Å². The molecule has 26 heavy (non-hydrogen) atoms. The lowest BCUT2D eigenvalue weighted by atomic mass is 9.89. The quantitative estimate of drug-likeness (QED) is 0.721. The molecule has 1 saturated heterocycles. The number of nitrogens with zero attached hydrogens (tertiary/aromatic N) is 1. The van der Waals surface area contributed by atoms with Crippen LogP contribution in [0.1, 0.15) is 73.6 Å². The number of carbonyl (C=O) groups excluding carboxylic acids is 4. The van der Waals surface area contributed by atoms with Crippen LogP contribution in [0.15, 0.2) is 0 Å². The van der Waals surface area contributed by atoms with Gasteiger partial charge in [0.15, 0.2) is 0 Å². The van der Waals surface area contributed by atoms with E-state index >= 15 is 0 Å². The maximum atomic E-state index is 12.4. The van der Waals surface area contributed by atoms with Gasteiger partial charge in [0.25, 0.3) is 11.8 Å². The molecule has 1 aliphatic heterocycles. The van der Waals surface area contributed by atoms with Crippen LogP contribution < -0.4 is 5.32 Å². The van der Waals surface area contributed by atoms with Crippen molar-refractivity contribution in [2.24, 2.45) is 5.41 Å². The molecular weight excluding hydrogens is 340 g/mol. The van der Waals surface area contributed by atoms with E-state index in [4.69, 9.17) is 9.57 Å². The molecule has 8 heteroatoms. The van der Waals surface area contributed by atoms with Crippen LogP contribution in [0.4, 0.5) is 4.79 Å². The van der Waals surface area contributed by atoms with E-state index in [9.17, 15) is 19.2 Å². The summed E-state index contributed by atoms with van der Waals surface area (Å²) in [5.74, 6) is -1.98. The summed E-state index contributed by atoms with van der Waals surface area (Å²) in [7, 11) is 0. The molecule has 0 aliphatic carbocycles. The Morgan fingerprint density at radius 2 is 1.62 bits per heavy atom. The molecule has 1 fully saturated rings. The number of amides is 3. The minimum atomic E-state index is -1.01. The van der Waals surface area contributed by atoms with Gasteiger partial charge in [-0.2, -0.15) is 0 Å². The van der Waals surface area contributed by atoms with Crippen LogP contribution in [0, 0.1) is 5.41 Å². The Balaban J connectivity index is 2.74. The minimum Gasteiger partial charge on any atom is -0.444 e. The van der Waals surface area contributed by atoms with E-state index in [1.807, 2.05) is 0 Å². The third-order valence-electron chi connectivity index (χ3n) is 3.58. The highest BCUT2D eigenvalue weighted by Gasteiger charge is 2.35. The fourth-order valence-corrected chi connectivity index (χ4v) is 2.35. The summed E-state index contributed by atoms with van der Waals surface area (Å²) in [5.41, 5.74) is -0.647. The van der Waals surface area contributed by atoms with Crippen molar-refractivity contribution < 1.29 is 28.8 Å². The van der Waals surface area contributed by atoms with Crippen molar-refractivity contribution in [2.45, 2.75) is 85.3 Å². The van der Waals surface area contributed by atoms with Crippen molar-refractivity contribution in [1.29, 1.82) is 0 Å². The highest BCUT2D eigenvalue weighted by molar-refractivity contribution is 6.01. The third kappa shape index (κ3) is 7.84. The Morgan fingerprint density at radius 1 is 1.08 bits per heavy atom. The van der Waals surface area contributed by atoms with E-state index in [0.717, 1.165) is 6.42 Å². The predicted octanol–water partition coefficient (Wildman–Crippen LogP) is 2.70. The zero-order valence-electron chi connectivity index (χ0n) is 16.5. The van der Waals surface area contributed by atoms with Gasteiger partial charge in [-0.15, -0.1) is 5.06 Å². The van der Waals surface area contributed by atoms with E-state index in [1.165, 1.54) is 0 Å². The summed E-state index contributed by atoms with van der Waals surface area (Å²) in [5, 5.41) is 2.96. The second-order valence-electron chi connectivity index (χ2n) is 8.64. The Hall–Kier alpha value is -2.12. The topological polar surface area (TPSA) is 102 Å². The van der Waals surface area contributed by atoms with Gasteiger partial charge in [-0.05, 0) is 39.0 Å². The lowest BCUT2D eigenvalue weighted by Gasteiger charge is -2.24. The fourth-order valence-electron chi connectivity index (χ4n) is 2.35. The van der Waals surface area contributed by atoms with Crippen LogP contribution in [0.3, 0.4) is 0 Å². The SMILES string of the molecule is CC(C)(C)CCC[C@H](NC(=O)OC(C)(C)C)C(=O)ON1C(=O)CCC1=O. The molecule has 1 aliphatic rings. The van der Waals surface area contributed by atoms with E-state index in [2.05, 4.69) is 26.1 Å². The van der Waals surface area contributed by atoms with Crippen LogP contribution in [-0.4, -0.2) is 40.6 Å². The molecule has 0 aromatic rings. The number of carbonyl (C=O) groups is 4. The first kappa shape index (κ1) is 21.9. The molecule has 1 N–H and O–H groups in total. The number of hydrogen-bond donors (Lipinski definition) is 1. The standard InChI is InChI=1S/C18H30N2O6/c1-17(2,3)11-7-8-12(19-16(24)25-18(4,5)6)15(23)26-20-13(21)9-10-14(20)22/h12H,7-11H2,1-6H3,(H,19,24)/t12-/m0/s1. The number of nitrogens with one attached hydrogen (secondary N) is 1. The highest BCUT2D eigenvalue weighted by Crippen LogP contribution is 2.23. The molecule has 1 rings (SSSR count). The number of hydrogen-bond acceptors (Lipinski definition) is 6. The van der Waals surface area contributed by atoms with Crippen molar-refractivity contribution >= 4 is 23.9 Å². The van der Waals surface area contributed by atoms with Gasteiger partial charge >= 0.3 is 12.1 Å². The smallest absolute Gasteiger partial charge is 0.408 e. The molecule has 0 saturated carbocycles. The largest absolute Gasteiger partial charge is 0.444 e. The van der Waals surface area contributed by atoms with Crippen molar-refractivity contribution in [3.8, 4) is 0 Å². The van der Waals surface area contributed by atoms with Crippen molar-refractivity contribution in [3.63, 3.8) is 0 Å². The molecule has 148 valence electrons. The van der Waals surface area contributed by atoms with E-state index in [-0.39, 0.29) is 18.3 Å². The average Bonchev–Trinajstić information content (AvgIpc) is 2.74. The van der Waals surface area contributed by atoms with Crippen molar-refractivity contribution in [3.05, 3.63) is 0 Å². The summed E-state index contributed by atoms with van der Waals surface area (Å²) >= 11 is 0. The number of ether oxygens (including phenoxy) is 1. The number of rotatable bonds is 6. The number of imide groups is 1. The maximum absolute atomic E-state index is 12.4. The first-order valence-electron chi connectivity index (χ1n) is 8.85. The summed E-state index contributed by atoms with van der Waals surface area (Å²) in [6, 6.07) is -1.01. The molecule has 3 amide bonds. The average molecular weight is 370 g/mol. The Kier molecular flexibility index (Phi) is 7.17. The lowest BCUT2D eigenvalue weighted by molar-refractivity contribution is -0.199. The highest BCUT2D eigenvalue weighted by atomic mass is 16.7. The first-order chi connectivity index (χ1) is 11.8. The van der Waals surface area contributed by atoms with E-state index in [0.29, 0.717) is 17.9 Å². The van der Waals surface area contributed by atoms with Gasteiger partial charge in [0.1, 0.15) is 11.6 Å². The molecular formula is C18H30N2O6. The minimum absolute atomic E-state index is 0.0142. The normalized spacial score (nSPS) is 16.5. The van der Waals surface area contributed by atoms with Gasteiger partial charge in [-0.3, -0.25) is 9.59 Å². The van der Waals surface area contributed by atoms with Gasteiger partial charge in [0, 0.05) is 12.8 Å². The van der Waals surface area contributed by atoms with Gasteiger partial charge in [-0.1, -0.05) is 27.2 Å². The molecule has 0 spiro atoms. The zero-order chi connectivity index (χ0) is 20.1. The van der Waals surface area contributed by atoms with Crippen LogP contribution in [0.2, 0.25) is 0 Å².